The van der Waals surface area contributed by atoms with Crippen LogP contribution in [0.2, 0.25) is 0 Å². The molecule has 0 radical (unpaired) electrons. The summed E-state index contributed by atoms with van der Waals surface area (Å²) in [5.41, 5.74) is 2.50. The Kier molecular flexibility index (Phi) is 7.45. The van der Waals surface area contributed by atoms with Gasteiger partial charge in [-0.15, -0.1) is 0 Å². The van der Waals surface area contributed by atoms with Gasteiger partial charge in [-0.1, -0.05) is 24.3 Å². The van der Waals surface area contributed by atoms with Crippen molar-refractivity contribution >= 4 is 23.2 Å². The molecule has 7 heteroatoms. The van der Waals surface area contributed by atoms with Gasteiger partial charge in [0.2, 0.25) is 5.91 Å². The summed E-state index contributed by atoms with van der Waals surface area (Å²) in [5.74, 6) is -1.27. The first kappa shape index (κ1) is 22.1. The highest BCUT2D eigenvalue weighted by molar-refractivity contribution is 5.94. The molecule has 3 rings (SSSR count). The second-order valence-electron chi connectivity index (χ2n) is 6.94. The number of hydrogen-bond acceptors (Lipinski definition) is 3. The molecule has 0 atom stereocenters. The summed E-state index contributed by atoms with van der Waals surface area (Å²) < 4.78 is 31.5. The number of hydrogen-bond donors (Lipinski definition) is 1. The largest absolute Gasteiger partial charge is 0.375 e. The highest BCUT2D eigenvalue weighted by atomic mass is 19.1. The number of carbonyl (C=O) groups is 2. The predicted octanol–water partition coefficient (Wildman–Crippen LogP) is 4.33. The molecule has 0 unspecified atom stereocenters. The van der Waals surface area contributed by atoms with E-state index in [1.807, 2.05) is 0 Å². The summed E-state index contributed by atoms with van der Waals surface area (Å²) in [5, 5.41) is 2.71. The summed E-state index contributed by atoms with van der Waals surface area (Å²) in [6.07, 6.45) is 0.119. The van der Waals surface area contributed by atoms with E-state index in [2.05, 4.69) is 5.32 Å². The number of ether oxygens (including phenoxy) is 1. The second kappa shape index (κ2) is 10.4. The molecule has 0 saturated heterocycles. The van der Waals surface area contributed by atoms with E-state index in [1.54, 1.807) is 36.4 Å². The van der Waals surface area contributed by atoms with Crippen LogP contribution in [-0.4, -0.2) is 25.5 Å². The lowest BCUT2D eigenvalue weighted by Gasteiger charge is -2.23. The number of anilines is 2. The smallest absolute Gasteiger partial charge is 0.253 e. The third-order valence-electron chi connectivity index (χ3n) is 4.54. The summed E-state index contributed by atoms with van der Waals surface area (Å²) in [6.45, 7) is 0.0709. The fraction of sp³-hybridized carbons (Fsp3) is 0.167. The summed E-state index contributed by atoms with van der Waals surface area (Å²) >= 11 is 0. The fourth-order valence-corrected chi connectivity index (χ4v) is 3.06. The molecule has 160 valence electrons. The van der Waals surface area contributed by atoms with Crippen molar-refractivity contribution < 1.29 is 23.1 Å². The van der Waals surface area contributed by atoms with Crippen molar-refractivity contribution in [3.8, 4) is 0 Å². The van der Waals surface area contributed by atoms with Gasteiger partial charge in [-0.05, 0) is 59.7 Å². The van der Waals surface area contributed by atoms with E-state index < -0.39 is 0 Å². The van der Waals surface area contributed by atoms with E-state index in [0.29, 0.717) is 16.9 Å². The third-order valence-corrected chi connectivity index (χ3v) is 4.54. The topological polar surface area (TPSA) is 58.6 Å². The van der Waals surface area contributed by atoms with E-state index >= 15 is 0 Å². The molecule has 0 bridgehead atoms. The van der Waals surface area contributed by atoms with Crippen LogP contribution in [0.25, 0.3) is 0 Å². The van der Waals surface area contributed by atoms with Gasteiger partial charge in [-0.25, -0.2) is 8.78 Å². The molecule has 3 aromatic carbocycles. The van der Waals surface area contributed by atoms with Crippen LogP contribution in [-0.2, 0) is 27.3 Å². The minimum atomic E-state index is -0.376. The van der Waals surface area contributed by atoms with Crippen LogP contribution in [0.5, 0.6) is 0 Å². The van der Waals surface area contributed by atoms with Gasteiger partial charge in [0.1, 0.15) is 18.2 Å². The van der Waals surface area contributed by atoms with E-state index in [1.165, 1.54) is 48.4 Å². The number of nitrogens with one attached hydrogen (secondary N) is 1. The number of methoxy groups -OCH3 is 1. The molecule has 1 N–H and O–H groups in total. The standard InChI is InChI=1S/C24H22F2N2O3/c1-31-16-24(30)28(15-18-3-2-4-20(26)13-18)22-11-5-17(6-12-22)14-23(29)27-21-9-7-19(25)8-10-21/h2-13H,14-16H2,1H3,(H,27,29). The first-order valence-electron chi connectivity index (χ1n) is 9.62. The molecule has 3 aromatic rings. The van der Waals surface area contributed by atoms with Gasteiger partial charge in [0, 0.05) is 18.5 Å². The molecule has 31 heavy (non-hydrogen) atoms. The van der Waals surface area contributed by atoms with Crippen molar-refractivity contribution in [2.45, 2.75) is 13.0 Å². The summed E-state index contributed by atoms with van der Waals surface area (Å²) in [7, 11) is 1.43. The quantitative estimate of drug-likeness (QED) is 0.586. The van der Waals surface area contributed by atoms with Crippen LogP contribution in [0, 0.1) is 11.6 Å². The summed E-state index contributed by atoms with van der Waals surface area (Å²) in [6, 6.07) is 18.5. The Morgan fingerprint density at radius 1 is 0.903 bits per heavy atom. The van der Waals surface area contributed by atoms with Crippen molar-refractivity contribution in [1.82, 2.24) is 0 Å². The first-order valence-corrected chi connectivity index (χ1v) is 9.62. The van der Waals surface area contributed by atoms with Crippen molar-refractivity contribution in [1.29, 1.82) is 0 Å². The van der Waals surface area contributed by atoms with Crippen LogP contribution in [0.4, 0.5) is 20.2 Å². The van der Waals surface area contributed by atoms with Gasteiger partial charge in [0.05, 0.1) is 13.0 Å². The Bertz CT molecular complexity index is 1040. The van der Waals surface area contributed by atoms with Crippen LogP contribution < -0.4 is 10.2 Å². The van der Waals surface area contributed by atoms with Gasteiger partial charge in [0.15, 0.2) is 0 Å². The molecule has 0 fully saturated rings. The molecule has 2 amide bonds. The molecule has 0 aliphatic rings. The maximum absolute atomic E-state index is 13.5. The highest BCUT2D eigenvalue weighted by Crippen LogP contribution is 2.20. The number of amides is 2. The Morgan fingerprint density at radius 2 is 1.61 bits per heavy atom. The van der Waals surface area contributed by atoms with Gasteiger partial charge < -0.3 is 15.0 Å². The normalized spacial score (nSPS) is 10.5. The molecular weight excluding hydrogens is 402 g/mol. The zero-order valence-corrected chi connectivity index (χ0v) is 17.0. The SMILES string of the molecule is COCC(=O)N(Cc1cccc(F)c1)c1ccc(CC(=O)Nc2ccc(F)cc2)cc1. The van der Waals surface area contributed by atoms with Gasteiger partial charge in [-0.2, -0.15) is 0 Å². The number of halogens is 2. The van der Waals surface area contributed by atoms with Crippen molar-refractivity contribution in [3.63, 3.8) is 0 Å². The lowest BCUT2D eigenvalue weighted by molar-refractivity contribution is -0.122. The van der Waals surface area contributed by atoms with Crippen LogP contribution in [0.3, 0.4) is 0 Å². The highest BCUT2D eigenvalue weighted by Gasteiger charge is 2.17. The van der Waals surface area contributed by atoms with E-state index in [0.717, 1.165) is 5.56 Å². The zero-order valence-electron chi connectivity index (χ0n) is 17.0. The molecule has 0 aromatic heterocycles. The molecule has 0 aliphatic carbocycles. The van der Waals surface area contributed by atoms with Gasteiger partial charge in [-0.3, -0.25) is 9.59 Å². The molecule has 0 aliphatic heterocycles. The minimum Gasteiger partial charge on any atom is -0.375 e. The average molecular weight is 424 g/mol. The van der Waals surface area contributed by atoms with Crippen LogP contribution >= 0.6 is 0 Å². The Morgan fingerprint density at radius 3 is 2.26 bits per heavy atom. The molecule has 0 heterocycles. The molecule has 5 nitrogen and oxygen atoms in total. The van der Waals surface area contributed by atoms with E-state index in [-0.39, 0.29) is 43.0 Å². The predicted molar refractivity (Wildman–Crippen MR) is 115 cm³/mol. The number of carbonyl (C=O) groups excluding carboxylic acids is 2. The van der Waals surface area contributed by atoms with Gasteiger partial charge in [0.25, 0.3) is 5.91 Å². The Hall–Kier alpha value is -3.58. The molecule has 0 spiro atoms. The minimum absolute atomic E-state index is 0.114. The third kappa shape index (κ3) is 6.45. The average Bonchev–Trinajstić information content (AvgIpc) is 2.74. The number of rotatable bonds is 8. The Balaban J connectivity index is 1.70. The first-order chi connectivity index (χ1) is 14.9. The van der Waals surface area contributed by atoms with Crippen molar-refractivity contribution in [2.75, 3.05) is 23.9 Å². The molecular formula is C24H22F2N2O3. The van der Waals surface area contributed by atoms with Gasteiger partial charge >= 0.3 is 0 Å². The monoisotopic (exact) mass is 424 g/mol. The van der Waals surface area contributed by atoms with Crippen LogP contribution in [0.15, 0.2) is 72.8 Å². The number of nitrogens with zero attached hydrogens (tertiary/aromatic N) is 1. The second-order valence-corrected chi connectivity index (χ2v) is 6.94. The number of benzene rings is 3. The maximum Gasteiger partial charge on any atom is 0.253 e. The maximum atomic E-state index is 13.5. The van der Waals surface area contributed by atoms with E-state index in [4.69, 9.17) is 4.74 Å². The van der Waals surface area contributed by atoms with Crippen LogP contribution in [0.1, 0.15) is 11.1 Å². The van der Waals surface area contributed by atoms with Crippen molar-refractivity contribution in [2.24, 2.45) is 0 Å². The lowest BCUT2D eigenvalue weighted by Crippen LogP contribution is -2.33. The van der Waals surface area contributed by atoms with Crippen molar-refractivity contribution in [3.05, 3.63) is 95.6 Å². The Labute approximate surface area is 179 Å². The molecule has 0 saturated carbocycles. The zero-order chi connectivity index (χ0) is 22.2. The lowest BCUT2D eigenvalue weighted by atomic mass is 10.1. The summed E-state index contributed by atoms with van der Waals surface area (Å²) in [4.78, 5) is 26.3. The van der Waals surface area contributed by atoms with E-state index in [9.17, 15) is 18.4 Å². The fourth-order valence-electron chi connectivity index (χ4n) is 3.06.